The number of aromatic nitrogens is 1. The van der Waals surface area contributed by atoms with E-state index in [1.54, 1.807) is 0 Å². The molecule has 3 rings (SSSR count). The van der Waals surface area contributed by atoms with Crippen LogP contribution < -0.4 is 5.32 Å². The molecule has 1 atom stereocenters. The average molecular weight is 256 g/mol. The van der Waals surface area contributed by atoms with Crippen LogP contribution in [0.25, 0.3) is 0 Å². The van der Waals surface area contributed by atoms with Gasteiger partial charge in [-0.15, -0.1) is 0 Å². The number of oxazole rings is 1. The molecular weight excluding hydrogens is 236 g/mol. The second-order valence-electron chi connectivity index (χ2n) is 5.36. The van der Waals surface area contributed by atoms with E-state index in [0.717, 1.165) is 23.3 Å². The molecule has 0 aliphatic heterocycles. The molecule has 1 heterocycles. The highest BCUT2D eigenvalue weighted by molar-refractivity contribution is 5.21. The van der Waals surface area contributed by atoms with Gasteiger partial charge in [0.15, 0.2) is 0 Å². The van der Waals surface area contributed by atoms with Crippen LogP contribution in [-0.2, 0) is 6.54 Å². The minimum absolute atomic E-state index is 0.425. The van der Waals surface area contributed by atoms with Gasteiger partial charge >= 0.3 is 0 Å². The largest absolute Gasteiger partial charge is 0.444 e. The normalized spacial score (nSPS) is 16.5. The summed E-state index contributed by atoms with van der Waals surface area (Å²) in [5, 5.41) is 3.60. The maximum atomic E-state index is 5.63. The van der Waals surface area contributed by atoms with Crippen molar-refractivity contribution in [3.8, 4) is 0 Å². The van der Waals surface area contributed by atoms with Gasteiger partial charge in [-0.25, -0.2) is 4.98 Å². The van der Waals surface area contributed by atoms with Crippen LogP contribution in [0.15, 0.2) is 34.7 Å². The van der Waals surface area contributed by atoms with Crippen molar-refractivity contribution in [1.29, 1.82) is 0 Å². The molecule has 0 bridgehead atoms. The summed E-state index contributed by atoms with van der Waals surface area (Å²) in [5.41, 5.74) is 2.35. The lowest BCUT2D eigenvalue weighted by molar-refractivity contribution is 0.407. The van der Waals surface area contributed by atoms with Crippen molar-refractivity contribution in [2.45, 2.75) is 39.3 Å². The fraction of sp³-hybridized carbons (Fsp3) is 0.438. The first kappa shape index (κ1) is 12.4. The molecule has 0 saturated heterocycles. The van der Waals surface area contributed by atoms with Gasteiger partial charge in [0.25, 0.3) is 0 Å². The third-order valence-corrected chi connectivity index (χ3v) is 3.80. The Morgan fingerprint density at radius 3 is 2.58 bits per heavy atom. The Morgan fingerprint density at radius 2 is 2.00 bits per heavy atom. The van der Waals surface area contributed by atoms with Crippen LogP contribution >= 0.6 is 0 Å². The molecule has 100 valence electrons. The number of benzene rings is 1. The van der Waals surface area contributed by atoms with Crippen LogP contribution in [0.1, 0.15) is 41.8 Å². The van der Waals surface area contributed by atoms with E-state index in [-0.39, 0.29) is 0 Å². The van der Waals surface area contributed by atoms with Crippen LogP contribution in [-0.4, -0.2) is 4.98 Å². The van der Waals surface area contributed by atoms with Crippen LogP contribution in [0.4, 0.5) is 0 Å². The second-order valence-corrected chi connectivity index (χ2v) is 5.36. The minimum Gasteiger partial charge on any atom is -0.444 e. The number of rotatable bonds is 5. The first-order chi connectivity index (χ1) is 9.24. The number of nitrogens with one attached hydrogen (secondary N) is 1. The van der Waals surface area contributed by atoms with Crippen molar-refractivity contribution in [2.75, 3.05) is 0 Å². The lowest BCUT2D eigenvalue weighted by Crippen LogP contribution is -2.22. The molecule has 1 aliphatic rings. The van der Waals surface area contributed by atoms with Gasteiger partial charge < -0.3 is 9.73 Å². The van der Waals surface area contributed by atoms with E-state index >= 15 is 0 Å². The third kappa shape index (κ3) is 2.87. The molecule has 3 nitrogen and oxygen atoms in total. The van der Waals surface area contributed by atoms with Crippen molar-refractivity contribution >= 4 is 0 Å². The highest BCUT2D eigenvalue weighted by atomic mass is 16.4. The van der Waals surface area contributed by atoms with Crippen LogP contribution in [0.5, 0.6) is 0 Å². The summed E-state index contributed by atoms with van der Waals surface area (Å²) in [4.78, 5) is 4.43. The molecule has 1 fully saturated rings. The zero-order chi connectivity index (χ0) is 13.2. The third-order valence-electron chi connectivity index (χ3n) is 3.80. The molecule has 1 aromatic heterocycles. The Labute approximate surface area is 114 Å². The molecule has 1 unspecified atom stereocenters. The Kier molecular flexibility index (Phi) is 3.38. The van der Waals surface area contributed by atoms with Gasteiger partial charge in [-0.2, -0.15) is 0 Å². The lowest BCUT2D eigenvalue weighted by Gasteiger charge is -2.17. The summed E-state index contributed by atoms with van der Waals surface area (Å²) in [6.45, 7) is 4.64. The maximum Gasteiger partial charge on any atom is 0.208 e. The molecule has 1 aliphatic carbocycles. The topological polar surface area (TPSA) is 38.1 Å². The maximum absolute atomic E-state index is 5.63. The van der Waals surface area contributed by atoms with Gasteiger partial charge in [0.2, 0.25) is 5.89 Å². The molecule has 0 spiro atoms. The van der Waals surface area contributed by atoms with Crippen molar-refractivity contribution in [3.05, 3.63) is 53.2 Å². The summed E-state index contributed by atoms with van der Waals surface area (Å²) >= 11 is 0. The Morgan fingerprint density at radius 1 is 1.26 bits per heavy atom. The van der Waals surface area contributed by atoms with Gasteiger partial charge in [-0.1, -0.05) is 30.3 Å². The Balaban J connectivity index is 1.69. The highest BCUT2D eigenvalue weighted by Gasteiger charge is 2.32. The predicted octanol–water partition coefficient (Wildman–Crippen LogP) is 3.53. The van der Waals surface area contributed by atoms with Gasteiger partial charge in [-0.3, -0.25) is 0 Å². The van der Waals surface area contributed by atoms with Crippen molar-refractivity contribution in [2.24, 2.45) is 5.92 Å². The number of aryl methyl sites for hydroxylation is 2. The Hall–Kier alpha value is -1.61. The quantitative estimate of drug-likeness (QED) is 0.889. The van der Waals surface area contributed by atoms with Crippen molar-refractivity contribution in [1.82, 2.24) is 10.3 Å². The molecule has 0 radical (unpaired) electrons. The summed E-state index contributed by atoms with van der Waals surface area (Å²) in [6.07, 6.45) is 2.63. The number of hydrogen-bond donors (Lipinski definition) is 1. The van der Waals surface area contributed by atoms with Crippen LogP contribution in [0.2, 0.25) is 0 Å². The SMILES string of the molecule is Cc1nc(CNC(c2ccccc2)C2CC2)oc1C. The van der Waals surface area contributed by atoms with Gasteiger partial charge in [-0.05, 0) is 38.2 Å². The minimum atomic E-state index is 0.425. The highest BCUT2D eigenvalue weighted by Crippen LogP contribution is 2.41. The van der Waals surface area contributed by atoms with E-state index in [4.69, 9.17) is 4.42 Å². The van der Waals surface area contributed by atoms with Crippen LogP contribution in [0.3, 0.4) is 0 Å². The van der Waals surface area contributed by atoms with E-state index in [0.29, 0.717) is 12.6 Å². The molecule has 0 amide bonds. The van der Waals surface area contributed by atoms with E-state index in [2.05, 4.69) is 40.6 Å². The molecule has 3 heteroatoms. The standard InChI is InChI=1S/C16H20N2O/c1-11-12(2)19-15(18-11)10-17-16(14-8-9-14)13-6-4-3-5-7-13/h3-7,14,16-17H,8-10H2,1-2H3. The fourth-order valence-electron chi connectivity index (χ4n) is 2.46. The number of hydrogen-bond acceptors (Lipinski definition) is 3. The predicted molar refractivity (Wildman–Crippen MR) is 74.7 cm³/mol. The summed E-state index contributed by atoms with van der Waals surface area (Å²) in [7, 11) is 0. The van der Waals surface area contributed by atoms with Crippen molar-refractivity contribution in [3.63, 3.8) is 0 Å². The fourth-order valence-corrected chi connectivity index (χ4v) is 2.46. The van der Waals surface area contributed by atoms with Gasteiger partial charge in [0, 0.05) is 6.04 Å². The van der Waals surface area contributed by atoms with Crippen molar-refractivity contribution < 1.29 is 4.42 Å². The average Bonchev–Trinajstić information content (AvgIpc) is 3.19. The van der Waals surface area contributed by atoms with Gasteiger partial charge in [0.1, 0.15) is 5.76 Å². The second kappa shape index (κ2) is 5.17. The molecular formula is C16H20N2O. The molecule has 1 saturated carbocycles. The lowest BCUT2D eigenvalue weighted by atomic mass is 10.0. The van der Waals surface area contributed by atoms with E-state index in [1.807, 2.05) is 13.8 Å². The Bertz CT molecular complexity index is 524. The van der Waals surface area contributed by atoms with Gasteiger partial charge in [0.05, 0.1) is 12.2 Å². The molecule has 1 aromatic carbocycles. The molecule has 2 aromatic rings. The van der Waals surface area contributed by atoms with Crippen LogP contribution in [0, 0.1) is 19.8 Å². The monoisotopic (exact) mass is 256 g/mol. The smallest absolute Gasteiger partial charge is 0.208 e. The summed E-state index contributed by atoms with van der Waals surface area (Å²) < 4.78 is 5.63. The summed E-state index contributed by atoms with van der Waals surface area (Å²) in [6, 6.07) is 11.1. The number of nitrogens with zero attached hydrogens (tertiary/aromatic N) is 1. The zero-order valence-corrected chi connectivity index (χ0v) is 11.5. The zero-order valence-electron chi connectivity index (χ0n) is 11.5. The molecule has 1 N–H and O–H groups in total. The van der Waals surface area contributed by atoms with E-state index in [1.165, 1.54) is 18.4 Å². The first-order valence-electron chi connectivity index (χ1n) is 6.95. The molecule has 19 heavy (non-hydrogen) atoms. The van der Waals surface area contributed by atoms with E-state index in [9.17, 15) is 0 Å². The van der Waals surface area contributed by atoms with E-state index < -0.39 is 0 Å². The first-order valence-corrected chi connectivity index (χ1v) is 6.95. The summed E-state index contributed by atoms with van der Waals surface area (Å²) in [5.74, 6) is 2.47.